The van der Waals surface area contributed by atoms with Gasteiger partial charge in [-0.2, -0.15) is 5.26 Å². The first-order chi connectivity index (χ1) is 11.6. The number of hydrogen-bond donors (Lipinski definition) is 1. The van der Waals surface area contributed by atoms with Gasteiger partial charge in [0, 0.05) is 10.2 Å². The van der Waals surface area contributed by atoms with Crippen LogP contribution in [0.2, 0.25) is 0 Å². The Morgan fingerprint density at radius 3 is 2.33 bits per heavy atom. The molecule has 0 bridgehead atoms. The number of carbonyl (C=O) groups is 1. The fourth-order valence-corrected chi connectivity index (χ4v) is 2.48. The Morgan fingerprint density at radius 1 is 1.17 bits per heavy atom. The van der Waals surface area contributed by atoms with E-state index >= 15 is 0 Å². The number of hydrogen-bond acceptors (Lipinski definition) is 4. The van der Waals surface area contributed by atoms with Crippen LogP contribution in [0.4, 0.5) is 5.69 Å². The lowest BCUT2D eigenvalue weighted by Gasteiger charge is -2.10. The number of nitriles is 1. The Bertz CT molecular complexity index is 803. The van der Waals surface area contributed by atoms with Crippen LogP contribution in [0.5, 0.6) is 11.5 Å². The quantitative estimate of drug-likeness (QED) is 0.622. The van der Waals surface area contributed by atoms with Crippen molar-refractivity contribution in [2.24, 2.45) is 0 Å². The highest BCUT2D eigenvalue weighted by atomic mass is 79.9. The van der Waals surface area contributed by atoms with E-state index in [2.05, 4.69) is 21.2 Å². The first-order valence-electron chi connectivity index (χ1n) is 6.98. The number of ether oxygens (including phenoxy) is 2. The summed E-state index contributed by atoms with van der Waals surface area (Å²) in [4.78, 5) is 12.4. The van der Waals surface area contributed by atoms with Crippen LogP contribution in [0.1, 0.15) is 5.56 Å². The number of carbonyl (C=O) groups excluding carboxylic acids is 1. The van der Waals surface area contributed by atoms with Gasteiger partial charge in [-0.05, 0) is 36.4 Å². The van der Waals surface area contributed by atoms with E-state index in [0.29, 0.717) is 22.7 Å². The monoisotopic (exact) mass is 386 g/mol. The van der Waals surface area contributed by atoms with Crippen molar-refractivity contribution in [3.8, 4) is 17.6 Å². The molecule has 1 N–H and O–H groups in total. The molecule has 0 atom stereocenters. The molecular weight excluding hydrogens is 372 g/mol. The molecule has 2 aromatic carbocycles. The number of anilines is 1. The highest BCUT2D eigenvalue weighted by Gasteiger charge is 2.14. The molecule has 0 saturated heterocycles. The summed E-state index contributed by atoms with van der Waals surface area (Å²) in [6.45, 7) is 0. The van der Waals surface area contributed by atoms with Crippen LogP contribution in [-0.2, 0) is 4.79 Å². The normalized spacial score (nSPS) is 10.7. The Labute approximate surface area is 148 Å². The average molecular weight is 387 g/mol. The molecule has 24 heavy (non-hydrogen) atoms. The summed E-state index contributed by atoms with van der Waals surface area (Å²) in [6, 6.07) is 14.3. The van der Waals surface area contributed by atoms with Crippen LogP contribution < -0.4 is 14.8 Å². The SMILES string of the molecule is COc1cccc(OC)c1/C=C(\C#N)C(=O)Nc1cccc(Br)c1. The molecule has 2 rings (SSSR count). The lowest BCUT2D eigenvalue weighted by atomic mass is 10.1. The van der Waals surface area contributed by atoms with Crippen molar-refractivity contribution in [1.82, 2.24) is 0 Å². The standard InChI is InChI=1S/C18H15BrN2O3/c1-23-16-7-4-8-17(24-2)15(16)9-12(11-20)18(22)21-14-6-3-5-13(19)10-14/h3-10H,1-2H3,(H,21,22)/b12-9+. The number of methoxy groups -OCH3 is 2. The number of nitrogens with zero attached hydrogens (tertiary/aromatic N) is 1. The minimum absolute atomic E-state index is 0.0576. The molecule has 0 aromatic heterocycles. The van der Waals surface area contributed by atoms with E-state index in [1.54, 1.807) is 36.4 Å². The van der Waals surface area contributed by atoms with Gasteiger partial charge in [0.1, 0.15) is 23.1 Å². The molecule has 0 unspecified atom stereocenters. The number of amides is 1. The van der Waals surface area contributed by atoms with Crippen molar-refractivity contribution in [2.75, 3.05) is 19.5 Å². The van der Waals surface area contributed by atoms with Crippen LogP contribution in [0.25, 0.3) is 6.08 Å². The van der Waals surface area contributed by atoms with Gasteiger partial charge in [0.15, 0.2) is 0 Å². The molecule has 0 heterocycles. The molecule has 0 aliphatic carbocycles. The van der Waals surface area contributed by atoms with Crippen molar-refractivity contribution in [2.45, 2.75) is 0 Å². The van der Waals surface area contributed by atoms with E-state index in [1.165, 1.54) is 20.3 Å². The summed E-state index contributed by atoms with van der Waals surface area (Å²) in [5.74, 6) is 0.512. The van der Waals surface area contributed by atoms with Crippen LogP contribution >= 0.6 is 15.9 Å². The first-order valence-corrected chi connectivity index (χ1v) is 7.78. The van der Waals surface area contributed by atoms with Crippen molar-refractivity contribution in [1.29, 1.82) is 5.26 Å². The van der Waals surface area contributed by atoms with Gasteiger partial charge in [-0.25, -0.2) is 0 Å². The minimum atomic E-state index is -0.511. The fraction of sp³-hybridized carbons (Fsp3) is 0.111. The molecular formula is C18H15BrN2O3. The predicted molar refractivity (Wildman–Crippen MR) is 95.9 cm³/mol. The number of benzene rings is 2. The number of halogens is 1. The molecule has 0 radical (unpaired) electrons. The summed E-state index contributed by atoms with van der Waals surface area (Å²) < 4.78 is 11.4. The highest BCUT2D eigenvalue weighted by Crippen LogP contribution is 2.30. The Morgan fingerprint density at radius 2 is 1.79 bits per heavy atom. The van der Waals surface area contributed by atoms with Gasteiger partial charge in [-0.15, -0.1) is 0 Å². The summed E-state index contributed by atoms with van der Waals surface area (Å²) >= 11 is 3.33. The van der Waals surface area contributed by atoms with Gasteiger partial charge >= 0.3 is 0 Å². The molecule has 0 fully saturated rings. The molecule has 0 aliphatic heterocycles. The summed E-state index contributed by atoms with van der Waals surface area (Å²) in [5, 5.41) is 12.0. The van der Waals surface area contributed by atoms with Gasteiger partial charge in [0.2, 0.25) is 0 Å². The van der Waals surface area contributed by atoms with Crippen LogP contribution in [0.3, 0.4) is 0 Å². The lowest BCUT2D eigenvalue weighted by molar-refractivity contribution is -0.112. The fourth-order valence-electron chi connectivity index (χ4n) is 2.08. The maximum atomic E-state index is 12.4. The molecule has 0 aliphatic rings. The number of nitrogens with one attached hydrogen (secondary N) is 1. The van der Waals surface area contributed by atoms with Crippen molar-refractivity contribution in [3.05, 3.63) is 58.1 Å². The summed E-state index contributed by atoms with van der Waals surface area (Å²) in [6.07, 6.45) is 1.45. The van der Waals surface area contributed by atoms with Crippen LogP contribution in [-0.4, -0.2) is 20.1 Å². The molecule has 5 nitrogen and oxygen atoms in total. The zero-order valence-electron chi connectivity index (χ0n) is 13.2. The zero-order chi connectivity index (χ0) is 17.5. The average Bonchev–Trinajstić information content (AvgIpc) is 2.59. The maximum absolute atomic E-state index is 12.4. The maximum Gasteiger partial charge on any atom is 0.266 e. The van der Waals surface area contributed by atoms with E-state index in [-0.39, 0.29) is 5.57 Å². The second-order valence-corrected chi connectivity index (χ2v) is 5.63. The van der Waals surface area contributed by atoms with Crippen LogP contribution in [0.15, 0.2) is 52.5 Å². The van der Waals surface area contributed by atoms with E-state index in [0.717, 1.165) is 4.47 Å². The largest absolute Gasteiger partial charge is 0.496 e. The van der Waals surface area contributed by atoms with Gasteiger partial charge in [-0.3, -0.25) is 4.79 Å². The minimum Gasteiger partial charge on any atom is -0.496 e. The Hall–Kier alpha value is -2.78. The van der Waals surface area contributed by atoms with E-state index in [9.17, 15) is 10.1 Å². The third kappa shape index (κ3) is 4.15. The molecule has 0 saturated carbocycles. The number of rotatable bonds is 5. The van der Waals surface area contributed by atoms with Gasteiger partial charge in [0.25, 0.3) is 5.91 Å². The predicted octanol–water partition coefficient (Wildman–Crippen LogP) is 4.01. The van der Waals surface area contributed by atoms with Gasteiger partial charge in [-0.1, -0.05) is 28.1 Å². The highest BCUT2D eigenvalue weighted by molar-refractivity contribution is 9.10. The van der Waals surface area contributed by atoms with E-state index in [1.807, 2.05) is 12.1 Å². The summed E-state index contributed by atoms with van der Waals surface area (Å²) in [7, 11) is 3.03. The van der Waals surface area contributed by atoms with Crippen molar-refractivity contribution < 1.29 is 14.3 Å². The van der Waals surface area contributed by atoms with Crippen molar-refractivity contribution >= 4 is 33.6 Å². The molecule has 6 heteroatoms. The van der Waals surface area contributed by atoms with Crippen molar-refractivity contribution in [3.63, 3.8) is 0 Å². The van der Waals surface area contributed by atoms with E-state index < -0.39 is 5.91 Å². The molecule has 1 amide bonds. The second-order valence-electron chi connectivity index (χ2n) is 4.71. The third-order valence-electron chi connectivity index (χ3n) is 3.20. The smallest absolute Gasteiger partial charge is 0.266 e. The van der Waals surface area contributed by atoms with Crippen LogP contribution in [0, 0.1) is 11.3 Å². The third-order valence-corrected chi connectivity index (χ3v) is 3.70. The van der Waals surface area contributed by atoms with Gasteiger partial charge in [0.05, 0.1) is 19.8 Å². The summed E-state index contributed by atoms with van der Waals surface area (Å²) in [5.41, 5.74) is 1.06. The first kappa shape index (κ1) is 17.6. The Kier molecular flexibility index (Phi) is 5.99. The van der Waals surface area contributed by atoms with Gasteiger partial charge < -0.3 is 14.8 Å². The second kappa shape index (κ2) is 8.18. The molecule has 122 valence electrons. The lowest BCUT2D eigenvalue weighted by Crippen LogP contribution is -2.13. The topological polar surface area (TPSA) is 71.3 Å². The molecule has 0 spiro atoms. The molecule has 2 aromatic rings. The van der Waals surface area contributed by atoms with E-state index in [4.69, 9.17) is 9.47 Å². The Balaban J connectivity index is 2.36. The zero-order valence-corrected chi connectivity index (χ0v) is 14.8.